The first-order valence-electron chi connectivity index (χ1n) is 10.7. The number of carbonyl (C=O) groups excluding carboxylic acids is 2. The largest absolute Gasteiger partial charge is 0.373 e. The lowest BCUT2D eigenvalue weighted by Crippen LogP contribution is -2.54. The van der Waals surface area contributed by atoms with Crippen molar-refractivity contribution in [3.05, 3.63) is 29.3 Å². The van der Waals surface area contributed by atoms with E-state index >= 15 is 0 Å². The van der Waals surface area contributed by atoms with E-state index in [0.29, 0.717) is 6.04 Å². The first-order valence-corrected chi connectivity index (χ1v) is 10.7. The quantitative estimate of drug-likeness (QED) is 0.836. The molecule has 2 N–H and O–H groups in total. The van der Waals surface area contributed by atoms with E-state index in [-0.39, 0.29) is 23.9 Å². The summed E-state index contributed by atoms with van der Waals surface area (Å²) in [5.41, 5.74) is 3.58. The summed E-state index contributed by atoms with van der Waals surface area (Å²) in [6.45, 7) is 7.29. The van der Waals surface area contributed by atoms with Gasteiger partial charge in [0, 0.05) is 57.3 Å². The first-order chi connectivity index (χ1) is 13.5. The number of aryl methyl sites for hydroxylation is 1. The second-order valence-corrected chi connectivity index (χ2v) is 8.58. The topological polar surface area (TPSA) is 64.7 Å². The molecule has 6 nitrogen and oxygen atoms in total. The van der Waals surface area contributed by atoms with Crippen molar-refractivity contribution in [1.29, 1.82) is 0 Å². The number of hydrogen-bond acceptors (Lipinski definition) is 4. The lowest BCUT2D eigenvalue weighted by atomic mass is 9.89. The van der Waals surface area contributed by atoms with Crippen LogP contribution in [-0.2, 0) is 16.0 Å². The van der Waals surface area contributed by atoms with Gasteiger partial charge in [-0.1, -0.05) is 18.2 Å². The highest BCUT2D eigenvalue weighted by Gasteiger charge is 2.33. The number of nitrogens with zero attached hydrogens (tertiary/aromatic N) is 2. The third kappa shape index (κ3) is 4.02. The molecule has 2 aliphatic heterocycles. The van der Waals surface area contributed by atoms with Crippen molar-refractivity contribution in [2.24, 2.45) is 0 Å². The molecule has 1 saturated heterocycles. The summed E-state index contributed by atoms with van der Waals surface area (Å²) in [6.07, 6.45) is 5.20. The third-order valence-electron chi connectivity index (χ3n) is 6.69. The van der Waals surface area contributed by atoms with Gasteiger partial charge in [-0.3, -0.25) is 14.5 Å². The van der Waals surface area contributed by atoms with Crippen LogP contribution in [0.1, 0.15) is 43.7 Å². The SMILES string of the molecule is CC(=O)N1CCN(C2CCC[C@@H](NC(=O)C3Cc4cccc(C)c4N3)C2)CC1. The van der Waals surface area contributed by atoms with Crippen LogP contribution in [0.2, 0.25) is 0 Å². The molecule has 2 fully saturated rings. The van der Waals surface area contributed by atoms with Gasteiger partial charge in [0.1, 0.15) is 6.04 Å². The Hall–Kier alpha value is -2.08. The summed E-state index contributed by atoms with van der Waals surface area (Å²) < 4.78 is 0. The Balaban J connectivity index is 1.29. The number of hydrogen-bond donors (Lipinski definition) is 2. The van der Waals surface area contributed by atoms with E-state index in [0.717, 1.165) is 57.5 Å². The van der Waals surface area contributed by atoms with Crippen molar-refractivity contribution in [3.63, 3.8) is 0 Å². The standard InChI is InChI=1S/C22H32N4O2/c1-15-5-3-6-17-13-20(24-21(15)17)22(28)23-18-7-4-8-19(14-18)26-11-9-25(10-12-26)16(2)27/h3,5-6,18-20,24H,4,7-14H2,1-2H3,(H,23,28)/t18-,19?,20?/m1/s1. The number of piperazine rings is 1. The van der Waals surface area contributed by atoms with Crippen LogP contribution in [0.25, 0.3) is 0 Å². The summed E-state index contributed by atoms with van der Waals surface area (Å²) in [5.74, 6) is 0.302. The molecule has 152 valence electrons. The molecular formula is C22H32N4O2. The Bertz CT molecular complexity index is 742. The monoisotopic (exact) mass is 384 g/mol. The highest BCUT2D eigenvalue weighted by atomic mass is 16.2. The maximum Gasteiger partial charge on any atom is 0.243 e. The zero-order valence-electron chi connectivity index (χ0n) is 17.0. The Labute approximate surface area is 167 Å². The minimum Gasteiger partial charge on any atom is -0.373 e. The van der Waals surface area contributed by atoms with Crippen molar-refractivity contribution >= 4 is 17.5 Å². The number of fused-ring (bicyclic) bond motifs is 1. The van der Waals surface area contributed by atoms with Crippen LogP contribution in [-0.4, -0.2) is 65.9 Å². The third-order valence-corrected chi connectivity index (χ3v) is 6.69. The van der Waals surface area contributed by atoms with E-state index in [9.17, 15) is 9.59 Å². The molecule has 0 aromatic heterocycles. The van der Waals surface area contributed by atoms with Gasteiger partial charge in [-0.25, -0.2) is 0 Å². The van der Waals surface area contributed by atoms with Gasteiger partial charge in [0.2, 0.25) is 11.8 Å². The maximum absolute atomic E-state index is 12.9. The average Bonchev–Trinajstić information content (AvgIpc) is 3.14. The minimum absolute atomic E-state index is 0.127. The molecule has 0 bridgehead atoms. The molecule has 2 amide bonds. The molecule has 3 atom stereocenters. The van der Waals surface area contributed by atoms with Crippen molar-refractivity contribution in [2.75, 3.05) is 31.5 Å². The molecule has 1 aromatic carbocycles. The number of para-hydroxylation sites is 1. The van der Waals surface area contributed by atoms with E-state index in [2.05, 4.69) is 40.7 Å². The molecule has 2 heterocycles. The Kier molecular flexibility index (Phi) is 5.58. The van der Waals surface area contributed by atoms with Crippen molar-refractivity contribution < 1.29 is 9.59 Å². The van der Waals surface area contributed by atoms with Crippen LogP contribution in [0.4, 0.5) is 5.69 Å². The summed E-state index contributed by atoms with van der Waals surface area (Å²) in [6, 6.07) is 6.88. The lowest BCUT2D eigenvalue weighted by molar-refractivity contribution is -0.131. The minimum atomic E-state index is -0.157. The van der Waals surface area contributed by atoms with Crippen LogP contribution < -0.4 is 10.6 Å². The number of nitrogens with one attached hydrogen (secondary N) is 2. The lowest BCUT2D eigenvalue weighted by Gasteiger charge is -2.42. The van der Waals surface area contributed by atoms with Crippen molar-refractivity contribution in [1.82, 2.24) is 15.1 Å². The molecule has 1 aromatic rings. The van der Waals surface area contributed by atoms with Crippen LogP contribution in [0.15, 0.2) is 18.2 Å². The van der Waals surface area contributed by atoms with Crippen LogP contribution >= 0.6 is 0 Å². The van der Waals surface area contributed by atoms with E-state index in [4.69, 9.17) is 0 Å². The number of amides is 2. The number of carbonyl (C=O) groups is 2. The first kappa shape index (κ1) is 19.2. The Morgan fingerprint density at radius 3 is 2.64 bits per heavy atom. The van der Waals surface area contributed by atoms with E-state index < -0.39 is 0 Å². The van der Waals surface area contributed by atoms with E-state index in [1.54, 1.807) is 6.92 Å². The number of anilines is 1. The van der Waals surface area contributed by atoms with Crippen LogP contribution in [0.5, 0.6) is 0 Å². The Morgan fingerprint density at radius 2 is 1.93 bits per heavy atom. The zero-order chi connectivity index (χ0) is 19.7. The molecule has 28 heavy (non-hydrogen) atoms. The van der Waals surface area contributed by atoms with Gasteiger partial charge in [0.05, 0.1) is 0 Å². The van der Waals surface area contributed by atoms with Crippen molar-refractivity contribution in [3.8, 4) is 0 Å². The highest BCUT2D eigenvalue weighted by molar-refractivity contribution is 5.88. The van der Waals surface area contributed by atoms with Crippen molar-refractivity contribution in [2.45, 2.75) is 64.1 Å². The van der Waals surface area contributed by atoms with Gasteiger partial charge >= 0.3 is 0 Å². The number of benzene rings is 1. The predicted molar refractivity (Wildman–Crippen MR) is 110 cm³/mol. The predicted octanol–water partition coefficient (Wildman–Crippen LogP) is 1.92. The van der Waals surface area contributed by atoms with Gasteiger partial charge in [-0.05, 0) is 43.7 Å². The molecule has 0 radical (unpaired) electrons. The normalized spacial score (nSPS) is 27.8. The zero-order valence-corrected chi connectivity index (χ0v) is 17.0. The average molecular weight is 385 g/mol. The molecule has 6 heteroatoms. The van der Waals surface area contributed by atoms with E-state index in [1.165, 1.54) is 17.5 Å². The maximum atomic E-state index is 12.9. The molecule has 4 rings (SSSR count). The molecule has 2 unspecified atom stereocenters. The number of rotatable bonds is 3. The summed E-state index contributed by atoms with van der Waals surface area (Å²) >= 11 is 0. The van der Waals surface area contributed by atoms with Crippen LogP contribution in [0, 0.1) is 6.92 Å². The molecule has 3 aliphatic rings. The second kappa shape index (κ2) is 8.11. The molecule has 1 aliphatic carbocycles. The van der Waals surface area contributed by atoms with Gasteiger partial charge in [-0.15, -0.1) is 0 Å². The fraction of sp³-hybridized carbons (Fsp3) is 0.636. The van der Waals surface area contributed by atoms with E-state index in [1.807, 2.05) is 4.90 Å². The fourth-order valence-corrected chi connectivity index (χ4v) is 5.04. The Morgan fingerprint density at radius 1 is 1.14 bits per heavy atom. The molecular weight excluding hydrogens is 352 g/mol. The summed E-state index contributed by atoms with van der Waals surface area (Å²) in [7, 11) is 0. The smallest absolute Gasteiger partial charge is 0.243 e. The second-order valence-electron chi connectivity index (χ2n) is 8.58. The fourth-order valence-electron chi connectivity index (χ4n) is 5.04. The van der Waals surface area contributed by atoms with Gasteiger partial charge in [-0.2, -0.15) is 0 Å². The molecule has 1 saturated carbocycles. The summed E-state index contributed by atoms with van der Waals surface area (Å²) in [4.78, 5) is 28.9. The summed E-state index contributed by atoms with van der Waals surface area (Å²) in [5, 5.41) is 6.74. The van der Waals surface area contributed by atoms with Gasteiger partial charge < -0.3 is 15.5 Å². The molecule has 0 spiro atoms. The van der Waals surface area contributed by atoms with Crippen LogP contribution in [0.3, 0.4) is 0 Å². The van der Waals surface area contributed by atoms with Gasteiger partial charge in [0.15, 0.2) is 0 Å². The highest BCUT2D eigenvalue weighted by Crippen LogP contribution is 2.30. The van der Waals surface area contributed by atoms with Gasteiger partial charge in [0.25, 0.3) is 0 Å².